The molecule has 0 saturated carbocycles. The number of carbonyl (C=O) groups excluding carboxylic acids is 1. The molecule has 0 radical (unpaired) electrons. The van der Waals surface area contributed by atoms with Crippen molar-refractivity contribution in [3.8, 4) is 0 Å². The van der Waals surface area contributed by atoms with Crippen LogP contribution in [0.5, 0.6) is 0 Å². The zero-order valence-corrected chi connectivity index (χ0v) is 18.5. The third kappa shape index (κ3) is 8.45. The highest BCUT2D eigenvalue weighted by molar-refractivity contribution is 5.76. The first-order valence-electron chi connectivity index (χ1n) is 11.1. The Morgan fingerprint density at radius 3 is 2.62 bits per heavy atom. The first kappa shape index (κ1) is 23.2. The molecule has 2 aromatic rings. The van der Waals surface area contributed by atoms with Crippen LogP contribution in [0, 0.1) is 6.92 Å². The smallest absolute Gasteiger partial charge is 0.222 e. The van der Waals surface area contributed by atoms with Gasteiger partial charge in [0.25, 0.3) is 0 Å². The third-order valence-electron chi connectivity index (χ3n) is 5.37. The molecule has 0 aliphatic heterocycles. The van der Waals surface area contributed by atoms with Gasteiger partial charge in [0.05, 0.1) is 13.2 Å². The quantitative estimate of drug-likeness (QED) is 0.390. The fourth-order valence-electron chi connectivity index (χ4n) is 3.66. The van der Waals surface area contributed by atoms with Crippen molar-refractivity contribution in [3.63, 3.8) is 0 Å². The highest BCUT2D eigenvalue weighted by Crippen LogP contribution is 2.14. The summed E-state index contributed by atoms with van der Waals surface area (Å²) in [6.45, 7) is 7.02. The number of hydrogen-bond acceptors (Lipinski definition) is 2. The number of hydrogen-bond donors (Lipinski definition) is 0. The second-order valence-corrected chi connectivity index (χ2v) is 7.94. The van der Waals surface area contributed by atoms with E-state index < -0.39 is 0 Å². The molecule has 0 N–H and O–H groups in total. The number of carbonyl (C=O) groups is 1. The van der Waals surface area contributed by atoms with Crippen LogP contribution in [0.1, 0.15) is 68.7 Å². The molecule has 0 atom stereocenters. The molecule has 0 aliphatic carbocycles. The summed E-state index contributed by atoms with van der Waals surface area (Å²) in [6, 6.07) is 12.8. The maximum Gasteiger partial charge on any atom is 0.222 e. The molecule has 4 nitrogen and oxygen atoms in total. The van der Waals surface area contributed by atoms with Crippen molar-refractivity contribution in [1.29, 1.82) is 0 Å². The van der Waals surface area contributed by atoms with E-state index in [1.54, 1.807) is 7.11 Å². The zero-order chi connectivity index (χ0) is 20.9. The van der Waals surface area contributed by atoms with Crippen molar-refractivity contribution in [1.82, 2.24) is 9.47 Å². The Bertz CT molecular complexity index is 723. The Morgan fingerprint density at radius 2 is 1.86 bits per heavy atom. The number of nitrogens with zero attached hydrogens (tertiary/aromatic N) is 2. The standard InChI is InChI=1S/C25H38N2O2/c1-4-5-6-7-8-9-15-25(28)27(17-18-29-3)21-24-14-11-16-26(24)20-23-13-10-12-22(2)19-23/h10-14,16,19H,4-9,15,17-18,20-21H2,1-3H3. The van der Waals surface area contributed by atoms with Gasteiger partial charge in [0.2, 0.25) is 5.91 Å². The molecule has 1 aromatic heterocycles. The molecule has 2 rings (SSSR count). The highest BCUT2D eigenvalue weighted by atomic mass is 16.5. The van der Waals surface area contributed by atoms with E-state index in [9.17, 15) is 4.79 Å². The van der Waals surface area contributed by atoms with Crippen molar-refractivity contribution in [2.75, 3.05) is 20.3 Å². The van der Waals surface area contributed by atoms with E-state index in [2.05, 4.69) is 61.0 Å². The average Bonchev–Trinajstić information content (AvgIpc) is 3.14. The van der Waals surface area contributed by atoms with Crippen LogP contribution >= 0.6 is 0 Å². The summed E-state index contributed by atoms with van der Waals surface area (Å²) >= 11 is 0. The molecule has 1 heterocycles. The molecular weight excluding hydrogens is 360 g/mol. The summed E-state index contributed by atoms with van der Waals surface area (Å²) in [5.74, 6) is 0.237. The van der Waals surface area contributed by atoms with E-state index in [-0.39, 0.29) is 5.91 Å². The number of ether oxygens (including phenoxy) is 1. The number of unbranched alkanes of at least 4 members (excludes halogenated alkanes) is 5. The summed E-state index contributed by atoms with van der Waals surface area (Å²) in [5, 5.41) is 0. The molecule has 0 fully saturated rings. The third-order valence-corrected chi connectivity index (χ3v) is 5.37. The Morgan fingerprint density at radius 1 is 1.07 bits per heavy atom. The molecule has 1 aromatic carbocycles. The molecule has 0 spiro atoms. The summed E-state index contributed by atoms with van der Waals surface area (Å²) < 4.78 is 7.49. The van der Waals surface area contributed by atoms with Crippen molar-refractivity contribution in [2.24, 2.45) is 0 Å². The van der Waals surface area contributed by atoms with E-state index in [4.69, 9.17) is 4.74 Å². The van der Waals surface area contributed by atoms with E-state index in [0.717, 1.165) is 19.4 Å². The molecule has 160 valence electrons. The van der Waals surface area contributed by atoms with Crippen LogP contribution in [0.15, 0.2) is 42.6 Å². The lowest BCUT2D eigenvalue weighted by atomic mass is 10.1. The van der Waals surface area contributed by atoms with Gasteiger partial charge >= 0.3 is 0 Å². The molecule has 4 heteroatoms. The average molecular weight is 399 g/mol. The Labute approximate surface area is 176 Å². The van der Waals surface area contributed by atoms with Gasteiger partial charge in [-0.15, -0.1) is 0 Å². The Kier molecular flexibility index (Phi) is 10.6. The minimum absolute atomic E-state index is 0.237. The molecule has 0 aliphatic rings. The molecule has 0 unspecified atom stereocenters. The lowest BCUT2D eigenvalue weighted by Crippen LogP contribution is -2.34. The molecule has 0 bridgehead atoms. The first-order valence-corrected chi connectivity index (χ1v) is 11.1. The van der Waals surface area contributed by atoms with Crippen LogP contribution in [-0.2, 0) is 22.6 Å². The van der Waals surface area contributed by atoms with Crippen LogP contribution in [0.25, 0.3) is 0 Å². The van der Waals surface area contributed by atoms with Crippen LogP contribution in [0.2, 0.25) is 0 Å². The molecule has 0 saturated heterocycles. The van der Waals surface area contributed by atoms with Crippen molar-refractivity contribution in [2.45, 2.75) is 71.9 Å². The Hall–Kier alpha value is -2.07. The normalized spacial score (nSPS) is 11.0. The number of aryl methyl sites for hydroxylation is 1. The maximum atomic E-state index is 12.8. The van der Waals surface area contributed by atoms with E-state index in [0.29, 0.717) is 26.1 Å². The fraction of sp³-hybridized carbons (Fsp3) is 0.560. The molecule has 1 amide bonds. The van der Waals surface area contributed by atoms with Gasteiger partial charge in [-0.2, -0.15) is 0 Å². The Balaban J connectivity index is 1.93. The van der Waals surface area contributed by atoms with Gasteiger partial charge in [-0.25, -0.2) is 0 Å². The lowest BCUT2D eigenvalue weighted by Gasteiger charge is -2.23. The minimum Gasteiger partial charge on any atom is -0.383 e. The van der Waals surface area contributed by atoms with E-state index in [1.165, 1.54) is 42.5 Å². The second-order valence-electron chi connectivity index (χ2n) is 7.94. The number of benzene rings is 1. The fourth-order valence-corrected chi connectivity index (χ4v) is 3.66. The molecule has 29 heavy (non-hydrogen) atoms. The summed E-state index contributed by atoms with van der Waals surface area (Å²) in [4.78, 5) is 14.8. The van der Waals surface area contributed by atoms with Crippen LogP contribution in [0.3, 0.4) is 0 Å². The zero-order valence-electron chi connectivity index (χ0n) is 18.5. The maximum absolute atomic E-state index is 12.8. The van der Waals surface area contributed by atoms with Gasteiger partial charge in [0.1, 0.15) is 0 Å². The number of methoxy groups -OCH3 is 1. The summed E-state index contributed by atoms with van der Waals surface area (Å²) in [5.41, 5.74) is 3.72. The largest absolute Gasteiger partial charge is 0.383 e. The summed E-state index contributed by atoms with van der Waals surface area (Å²) in [7, 11) is 1.69. The van der Waals surface area contributed by atoms with Gasteiger partial charge in [-0.1, -0.05) is 68.9 Å². The number of aromatic nitrogens is 1. The monoisotopic (exact) mass is 398 g/mol. The second kappa shape index (κ2) is 13.2. The predicted octanol–water partition coefficient (Wildman–Crippen LogP) is 5.57. The highest BCUT2D eigenvalue weighted by Gasteiger charge is 2.15. The van der Waals surface area contributed by atoms with Gasteiger partial charge in [0, 0.05) is 38.5 Å². The lowest BCUT2D eigenvalue weighted by molar-refractivity contribution is -0.132. The van der Waals surface area contributed by atoms with Gasteiger partial charge in [-0.05, 0) is 31.0 Å². The van der Waals surface area contributed by atoms with E-state index >= 15 is 0 Å². The van der Waals surface area contributed by atoms with Gasteiger partial charge in [-0.3, -0.25) is 4.79 Å². The van der Waals surface area contributed by atoms with Crippen molar-refractivity contribution < 1.29 is 9.53 Å². The van der Waals surface area contributed by atoms with Crippen LogP contribution in [0.4, 0.5) is 0 Å². The van der Waals surface area contributed by atoms with Crippen molar-refractivity contribution >= 4 is 5.91 Å². The molecular formula is C25H38N2O2. The van der Waals surface area contributed by atoms with Crippen molar-refractivity contribution in [3.05, 3.63) is 59.4 Å². The van der Waals surface area contributed by atoms with Crippen LogP contribution < -0.4 is 0 Å². The van der Waals surface area contributed by atoms with E-state index in [1.807, 2.05) is 4.90 Å². The minimum atomic E-state index is 0.237. The SMILES string of the molecule is CCCCCCCCC(=O)N(CCOC)Cc1cccn1Cc1cccc(C)c1. The van der Waals surface area contributed by atoms with Gasteiger partial charge < -0.3 is 14.2 Å². The number of amides is 1. The predicted molar refractivity (Wildman–Crippen MR) is 120 cm³/mol. The topological polar surface area (TPSA) is 34.5 Å². The number of rotatable bonds is 14. The first-order chi connectivity index (χ1) is 14.1. The summed E-state index contributed by atoms with van der Waals surface area (Å²) in [6.07, 6.45) is 9.93. The van der Waals surface area contributed by atoms with Crippen LogP contribution in [-0.4, -0.2) is 35.6 Å². The van der Waals surface area contributed by atoms with Gasteiger partial charge in [0.15, 0.2) is 0 Å².